The highest BCUT2D eigenvalue weighted by Gasteiger charge is 2.08. The minimum absolute atomic E-state index is 0.692. The van der Waals surface area contributed by atoms with Gasteiger partial charge >= 0.3 is 0 Å². The Morgan fingerprint density at radius 2 is 0.875 bits per heavy atom. The van der Waals surface area contributed by atoms with E-state index in [9.17, 15) is 0 Å². The van der Waals surface area contributed by atoms with Crippen LogP contribution in [0.4, 0.5) is 0 Å². The van der Waals surface area contributed by atoms with Gasteiger partial charge in [-0.05, 0) is 32.0 Å². The van der Waals surface area contributed by atoms with E-state index in [4.69, 9.17) is 0 Å². The van der Waals surface area contributed by atoms with Crippen molar-refractivity contribution in [2.24, 2.45) is 0 Å². The van der Waals surface area contributed by atoms with Crippen molar-refractivity contribution in [2.45, 2.75) is 0 Å². The lowest BCUT2D eigenvalue weighted by Crippen LogP contribution is -2.12. The van der Waals surface area contributed by atoms with Gasteiger partial charge in [-0.2, -0.15) is 0 Å². The van der Waals surface area contributed by atoms with Crippen LogP contribution in [0.25, 0.3) is 10.8 Å². The number of rotatable bonds is 4. The molecule has 116 valence electrons. The van der Waals surface area contributed by atoms with E-state index < -0.39 is 0 Å². The summed E-state index contributed by atoms with van der Waals surface area (Å²) in [7, 11) is 1.38. The Morgan fingerprint density at radius 3 is 1.33 bits per heavy atom. The first-order valence-electron chi connectivity index (χ1n) is 8.06. The van der Waals surface area contributed by atoms with Crippen LogP contribution in [-0.2, 0) is 0 Å². The molecule has 2 unspecified atom stereocenters. The summed E-state index contributed by atoms with van der Waals surface area (Å²) in [6, 6.07) is 34.9. The largest absolute Gasteiger partial charge is 0.0622 e. The van der Waals surface area contributed by atoms with Crippen LogP contribution >= 0.6 is 17.2 Å². The summed E-state index contributed by atoms with van der Waals surface area (Å²) < 4.78 is 0. The molecule has 0 amide bonds. The van der Waals surface area contributed by atoms with Gasteiger partial charge < -0.3 is 0 Å². The number of hydrogen-bond donors (Lipinski definition) is 0. The van der Waals surface area contributed by atoms with Crippen LogP contribution in [0.5, 0.6) is 0 Å². The average molecular weight is 344 g/mol. The van der Waals surface area contributed by atoms with Gasteiger partial charge in [-0.3, -0.25) is 0 Å². The van der Waals surface area contributed by atoms with Crippen LogP contribution in [0.2, 0.25) is 0 Å². The van der Waals surface area contributed by atoms with E-state index in [2.05, 4.69) is 97.1 Å². The molecule has 0 aliphatic carbocycles. The lowest BCUT2D eigenvalue weighted by molar-refractivity contribution is 1.77. The SMILES string of the molecule is c1ccc(Pc2cccc3cccc(Pc4ccccc4)c23)cc1. The molecule has 0 saturated heterocycles. The van der Waals surface area contributed by atoms with Crippen molar-refractivity contribution in [2.75, 3.05) is 0 Å². The van der Waals surface area contributed by atoms with Gasteiger partial charge in [-0.15, -0.1) is 0 Å². The third-order valence-corrected chi connectivity index (χ3v) is 6.63. The number of hydrogen-bond acceptors (Lipinski definition) is 0. The summed E-state index contributed by atoms with van der Waals surface area (Å²) in [5.74, 6) is 0. The fourth-order valence-corrected chi connectivity index (χ4v) is 5.54. The van der Waals surface area contributed by atoms with Gasteiger partial charge in [0.25, 0.3) is 0 Å². The molecular weight excluding hydrogens is 326 g/mol. The predicted molar refractivity (Wildman–Crippen MR) is 112 cm³/mol. The van der Waals surface area contributed by atoms with Crippen LogP contribution in [0.1, 0.15) is 0 Å². The summed E-state index contributed by atoms with van der Waals surface area (Å²) in [5.41, 5.74) is 0. The number of fused-ring (bicyclic) bond motifs is 1. The summed E-state index contributed by atoms with van der Waals surface area (Å²) in [6.07, 6.45) is 0. The lowest BCUT2D eigenvalue weighted by atomic mass is 10.1. The van der Waals surface area contributed by atoms with Crippen molar-refractivity contribution in [1.82, 2.24) is 0 Å². The molecule has 0 aromatic heterocycles. The maximum absolute atomic E-state index is 2.28. The van der Waals surface area contributed by atoms with E-state index in [1.165, 1.54) is 32.0 Å². The molecule has 0 aliphatic rings. The quantitative estimate of drug-likeness (QED) is 0.489. The van der Waals surface area contributed by atoms with Crippen molar-refractivity contribution < 1.29 is 0 Å². The van der Waals surface area contributed by atoms with Crippen molar-refractivity contribution in [3.8, 4) is 0 Å². The Bertz CT molecular complexity index is 871. The maximum atomic E-state index is 2.28. The molecule has 2 heteroatoms. The second kappa shape index (κ2) is 7.27. The predicted octanol–water partition coefficient (Wildman–Crippen LogP) is 4.10. The Labute approximate surface area is 146 Å². The van der Waals surface area contributed by atoms with Gasteiger partial charge in [0.1, 0.15) is 0 Å². The molecule has 4 rings (SSSR count). The minimum Gasteiger partial charge on any atom is -0.0622 e. The van der Waals surface area contributed by atoms with Crippen molar-refractivity contribution in [1.29, 1.82) is 0 Å². The summed E-state index contributed by atoms with van der Waals surface area (Å²) in [6.45, 7) is 0. The third kappa shape index (κ3) is 3.41. The Balaban J connectivity index is 1.79. The monoisotopic (exact) mass is 344 g/mol. The van der Waals surface area contributed by atoms with Crippen LogP contribution in [0, 0.1) is 0 Å². The highest BCUT2D eigenvalue weighted by Crippen LogP contribution is 2.23. The summed E-state index contributed by atoms with van der Waals surface area (Å²) >= 11 is 0. The molecule has 0 bridgehead atoms. The molecule has 4 aromatic rings. The zero-order valence-electron chi connectivity index (χ0n) is 13.2. The highest BCUT2D eigenvalue weighted by atomic mass is 31.1. The van der Waals surface area contributed by atoms with Crippen molar-refractivity contribution in [3.63, 3.8) is 0 Å². The first kappa shape index (κ1) is 15.5. The molecule has 24 heavy (non-hydrogen) atoms. The van der Waals surface area contributed by atoms with E-state index in [0.717, 1.165) is 0 Å². The third-order valence-electron chi connectivity index (χ3n) is 4.01. The molecule has 0 spiro atoms. The van der Waals surface area contributed by atoms with Crippen molar-refractivity contribution >= 4 is 49.2 Å². The van der Waals surface area contributed by atoms with Gasteiger partial charge in [0.2, 0.25) is 0 Å². The molecule has 0 nitrogen and oxygen atoms in total. The molecule has 0 N–H and O–H groups in total. The van der Waals surface area contributed by atoms with Crippen LogP contribution < -0.4 is 21.2 Å². The molecule has 0 fully saturated rings. The minimum atomic E-state index is 0.692. The zero-order valence-corrected chi connectivity index (χ0v) is 15.2. The second-order valence-corrected chi connectivity index (χ2v) is 8.42. The lowest BCUT2D eigenvalue weighted by Gasteiger charge is -2.12. The molecular formula is C22H18P2. The molecule has 2 atom stereocenters. The van der Waals surface area contributed by atoms with Gasteiger partial charge in [0.15, 0.2) is 0 Å². The van der Waals surface area contributed by atoms with Gasteiger partial charge in [-0.25, -0.2) is 0 Å². The van der Waals surface area contributed by atoms with Gasteiger partial charge in [0, 0.05) is 0 Å². The van der Waals surface area contributed by atoms with E-state index in [1.807, 2.05) is 0 Å². The first-order valence-corrected chi connectivity index (χ1v) is 10.1. The van der Waals surface area contributed by atoms with Gasteiger partial charge in [0.05, 0.1) is 0 Å². The molecule has 4 aromatic carbocycles. The first-order chi connectivity index (χ1) is 11.9. The molecule has 0 aliphatic heterocycles. The van der Waals surface area contributed by atoms with E-state index in [0.29, 0.717) is 17.2 Å². The highest BCUT2D eigenvalue weighted by molar-refractivity contribution is 7.58. The maximum Gasteiger partial charge on any atom is -0.00286 e. The Hall–Kier alpha value is -2.00. The topological polar surface area (TPSA) is 0 Å². The van der Waals surface area contributed by atoms with E-state index in [-0.39, 0.29) is 0 Å². The van der Waals surface area contributed by atoms with Crippen molar-refractivity contribution in [3.05, 3.63) is 97.1 Å². The Kier molecular flexibility index (Phi) is 4.70. The fraction of sp³-hybridized carbons (Fsp3) is 0. The zero-order chi connectivity index (χ0) is 16.2. The number of benzene rings is 4. The molecule has 0 saturated carbocycles. The average Bonchev–Trinajstić information content (AvgIpc) is 2.64. The van der Waals surface area contributed by atoms with Crippen LogP contribution in [0.15, 0.2) is 97.1 Å². The van der Waals surface area contributed by atoms with Crippen LogP contribution in [-0.4, -0.2) is 0 Å². The van der Waals surface area contributed by atoms with E-state index >= 15 is 0 Å². The Morgan fingerprint density at radius 1 is 0.417 bits per heavy atom. The normalized spacial score (nSPS) is 11.8. The summed E-state index contributed by atoms with van der Waals surface area (Å²) in [5, 5.41) is 8.45. The molecule has 0 heterocycles. The van der Waals surface area contributed by atoms with Crippen LogP contribution in [0.3, 0.4) is 0 Å². The molecule has 0 radical (unpaired) electrons. The second-order valence-electron chi connectivity index (χ2n) is 5.69. The smallest absolute Gasteiger partial charge is 0.00286 e. The fourth-order valence-electron chi connectivity index (χ4n) is 2.90. The van der Waals surface area contributed by atoms with Gasteiger partial charge in [-0.1, -0.05) is 114 Å². The standard InChI is InChI=1S/C22H18P2/c1-3-11-18(12-4-1)23-20-15-7-9-17-10-8-16-21(22(17)20)24-19-13-5-2-6-14-19/h1-16,23-24H. The summed E-state index contributed by atoms with van der Waals surface area (Å²) in [4.78, 5) is 0. The van der Waals surface area contributed by atoms with E-state index in [1.54, 1.807) is 0 Å².